The van der Waals surface area contributed by atoms with Crippen molar-refractivity contribution in [3.63, 3.8) is 0 Å². The minimum absolute atomic E-state index is 0.0148. The summed E-state index contributed by atoms with van der Waals surface area (Å²) in [5.74, 6) is 0.418. The number of para-hydroxylation sites is 1. The summed E-state index contributed by atoms with van der Waals surface area (Å²) < 4.78 is 1.80. The molecule has 2 N–H and O–H groups in total. The van der Waals surface area contributed by atoms with Gasteiger partial charge < -0.3 is 5.73 Å². The van der Waals surface area contributed by atoms with Crippen LogP contribution in [0.2, 0.25) is 0 Å². The topological polar surface area (TPSA) is 48.0 Å². The van der Waals surface area contributed by atoms with Crippen LogP contribution in [0.4, 0.5) is 0 Å². The van der Waals surface area contributed by atoms with Gasteiger partial charge in [0.1, 0.15) is 0 Å². The molecule has 0 radical (unpaired) electrons. The number of carbonyl (C=O) groups is 1. The Kier molecular flexibility index (Phi) is 3.50. The van der Waals surface area contributed by atoms with Gasteiger partial charge in [-0.2, -0.15) is 0 Å². The normalized spacial score (nSPS) is 21.8. The maximum Gasteiger partial charge on any atom is 0.234 e. The third-order valence-corrected chi connectivity index (χ3v) is 5.13. The van der Waals surface area contributed by atoms with Crippen LogP contribution >= 0.6 is 0 Å². The summed E-state index contributed by atoms with van der Waals surface area (Å²) >= 11 is 0. The Labute approximate surface area is 135 Å². The summed E-state index contributed by atoms with van der Waals surface area (Å²) in [6.45, 7) is 0. The lowest BCUT2D eigenvalue weighted by atomic mass is 9.68. The van der Waals surface area contributed by atoms with Gasteiger partial charge in [0.05, 0.1) is 5.52 Å². The molecule has 0 spiro atoms. The lowest BCUT2D eigenvalue weighted by molar-refractivity contribution is 0.0603. The number of benzene rings is 2. The molecule has 3 nitrogen and oxygen atoms in total. The summed E-state index contributed by atoms with van der Waals surface area (Å²) in [6.07, 6.45) is 3.83. The SMILES string of the molecule is NC(c1ccccc1)[C@@H]1CC[C@H]1C(=O)n1ccc2ccccc21. The number of hydrogen-bond acceptors (Lipinski definition) is 2. The van der Waals surface area contributed by atoms with Crippen molar-refractivity contribution in [2.75, 3.05) is 0 Å². The molecule has 1 heterocycles. The maximum absolute atomic E-state index is 13.0. The van der Waals surface area contributed by atoms with Crippen LogP contribution in [-0.2, 0) is 0 Å². The van der Waals surface area contributed by atoms with Gasteiger partial charge in [-0.05, 0) is 36.5 Å². The van der Waals surface area contributed by atoms with Gasteiger partial charge in [0, 0.05) is 23.5 Å². The minimum atomic E-state index is -0.0688. The van der Waals surface area contributed by atoms with Gasteiger partial charge >= 0.3 is 0 Å². The average Bonchev–Trinajstić information content (AvgIpc) is 2.98. The number of nitrogens with zero attached hydrogens (tertiary/aromatic N) is 1. The third-order valence-electron chi connectivity index (χ3n) is 5.13. The first kappa shape index (κ1) is 14.2. The summed E-state index contributed by atoms with van der Waals surface area (Å²) in [5.41, 5.74) is 8.53. The summed E-state index contributed by atoms with van der Waals surface area (Å²) in [6, 6.07) is 20.0. The van der Waals surface area contributed by atoms with Gasteiger partial charge in [0.15, 0.2) is 0 Å². The molecule has 116 valence electrons. The molecule has 4 rings (SSSR count). The van der Waals surface area contributed by atoms with E-state index in [4.69, 9.17) is 5.73 Å². The van der Waals surface area contributed by atoms with Crippen LogP contribution in [0.1, 0.15) is 29.2 Å². The zero-order chi connectivity index (χ0) is 15.8. The molecule has 1 aliphatic rings. The van der Waals surface area contributed by atoms with E-state index in [1.54, 1.807) is 4.57 Å². The number of fused-ring (bicyclic) bond motifs is 1. The number of carbonyl (C=O) groups excluding carboxylic acids is 1. The van der Waals surface area contributed by atoms with Gasteiger partial charge in [0.25, 0.3) is 0 Å². The van der Waals surface area contributed by atoms with E-state index in [2.05, 4.69) is 12.1 Å². The molecule has 3 aromatic rings. The molecule has 1 unspecified atom stereocenters. The second kappa shape index (κ2) is 5.67. The standard InChI is InChI=1S/C20H20N2O/c21-19(15-7-2-1-3-8-15)16-10-11-17(16)20(23)22-13-12-14-6-4-5-9-18(14)22/h1-9,12-13,16-17,19H,10-11,21H2/t16-,17-,19?/m1/s1. The quantitative estimate of drug-likeness (QED) is 0.795. The molecule has 1 fully saturated rings. The Morgan fingerprint density at radius 3 is 2.48 bits per heavy atom. The number of nitrogens with two attached hydrogens (primary N) is 1. The van der Waals surface area contributed by atoms with Crippen molar-refractivity contribution in [1.82, 2.24) is 4.57 Å². The van der Waals surface area contributed by atoms with Gasteiger partial charge in [-0.1, -0.05) is 48.5 Å². The van der Waals surface area contributed by atoms with Crippen molar-refractivity contribution in [2.45, 2.75) is 18.9 Å². The predicted molar refractivity (Wildman–Crippen MR) is 92.1 cm³/mol. The maximum atomic E-state index is 13.0. The van der Waals surface area contributed by atoms with Crippen LogP contribution in [0.15, 0.2) is 66.9 Å². The smallest absolute Gasteiger partial charge is 0.234 e. The van der Waals surface area contributed by atoms with Crippen molar-refractivity contribution in [1.29, 1.82) is 0 Å². The van der Waals surface area contributed by atoms with Crippen molar-refractivity contribution in [3.05, 3.63) is 72.4 Å². The van der Waals surface area contributed by atoms with E-state index in [-0.39, 0.29) is 23.8 Å². The lowest BCUT2D eigenvalue weighted by Crippen LogP contribution is -2.41. The summed E-state index contributed by atoms with van der Waals surface area (Å²) in [4.78, 5) is 13.0. The van der Waals surface area contributed by atoms with Crippen LogP contribution in [0.3, 0.4) is 0 Å². The van der Waals surface area contributed by atoms with Crippen LogP contribution in [0.5, 0.6) is 0 Å². The number of aromatic nitrogens is 1. The van der Waals surface area contributed by atoms with Crippen molar-refractivity contribution < 1.29 is 4.79 Å². The molecule has 0 aliphatic heterocycles. The highest BCUT2D eigenvalue weighted by Gasteiger charge is 2.41. The summed E-state index contributed by atoms with van der Waals surface area (Å²) in [5, 5.41) is 1.10. The van der Waals surface area contributed by atoms with Crippen molar-refractivity contribution in [3.8, 4) is 0 Å². The molecule has 1 saturated carbocycles. The molecule has 0 saturated heterocycles. The van der Waals surface area contributed by atoms with E-state index in [1.807, 2.05) is 54.7 Å². The average molecular weight is 304 g/mol. The fourth-order valence-electron chi connectivity index (χ4n) is 3.64. The Hall–Kier alpha value is -2.39. The Balaban J connectivity index is 1.60. The molecule has 0 amide bonds. The highest BCUT2D eigenvalue weighted by atomic mass is 16.2. The minimum Gasteiger partial charge on any atom is -0.324 e. The predicted octanol–water partition coefficient (Wildman–Crippen LogP) is 4.01. The fraction of sp³-hybridized carbons (Fsp3) is 0.250. The van der Waals surface area contributed by atoms with Crippen molar-refractivity contribution in [2.24, 2.45) is 17.6 Å². The molecule has 23 heavy (non-hydrogen) atoms. The Morgan fingerprint density at radius 2 is 1.74 bits per heavy atom. The molecule has 3 heteroatoms. The van der Waals surface area contributed by atoms with Crippen molar-refractivity contribution >= 4 is 16.8 Å². The van der Waals surface area contributed by atoms with E-state index >= 15 is 0 Å². The van der Waals surface area contributed by atoms with E-state index < -0.39 is 0 Å². The van der Waals surface area contributed by atoms with Crippen LogP contribution in [0, 0.1) is 11.8 Å². The number of rotatable bonds is 3. The number of hydrogen-bond donors (Lipinski definition) is 1. The second-order valence-electron chi connectivity index (χ2n) is 6.37. The Bertz CT molecular complexity index is 837. The molecular weight excluding hydrogens is 284 g/mol. The first-order chi connectivity index (χ1) is 11.3. The van der Waals surface area contributed by atoms with Crippen LogP contribution in [0.25, 0.3) is 10.9 Å². The van der Waals surface area contributed by atoms with Gasteiger partial charge in [0.2, 0.25) is 5.91 Å². The molecule has 3 atom stereocenters. The molecule has 2 aromatic carbocycles. The highest BCUT2D eigenvalue weighted by Crippen LogP contribution is 2.43. The van der Waals surface area contributed by atoms with Gasteiger partial charge in [-0.15, -0.1) is 0 Å². The van der Waals surface area contributed by atoms with Crippen LogP contribution < -0.4 is 5.73 Å². The van der Waals surface area contributed by atoms with E-state index in [0.717, 1.165) is 29.3 Å². The largest absolute Gasteiger partial charge is 0.324 e. The van der Waals surface area contributed by atoms with Gasteiger partial charge in [-0.3, -0.25) is 9.36 Å². The molecular formula is C20H20N2O. The third kappa shape index (κ3) is 2.37. The van der Waals surface area contributed by atoms with Crippen LogP contribution in [-0.4, -0.2) is 10.5 Å². The zero-order valence-corrected chi connectivity index (χ0v) is 12.9. The monoisotopic (exact) mass is 304 g/mol. The molecule has 1 aliphatic carbocycles. The molecule has 1 aromatic heterocycles. The fourth-order valence-corrected chi connectivity index (χ4v) is 3.64. The first-order valence-corrected chi connectivity index (χ1v) is 8.16. The first-order valence-electron chi connectivity index (χ1n) is 8.16. The second-order valence-corrected chi connectivity index (χ2v) is 6.37. The summed E-state index contributed by atoms with van der Waals surface area (Å²) in [7, 11) is 0. The molecule has 0 bridgehead atoms. The lowest BCUT2D eigenvalue weighted by Gasteiger charge is -2.39. The zero-order valence-electron chi connectivity index (χ0n) is 12.9. The van der Waals surface area contributed by atoms with E-state index in [0.29, 0.717) is 0 Å². The van der Waals surface area contributed by atoms with Gasteiger partial charge in [-0.25, -0.2) is 0 Å². The van der Waals surface area contributed by atoms with E-state index in [9.17, 15) is 4.79 Å². The Morgan fingerprint density at radius 1 is 1.00 bits per heavy atom. The van der Waals surface area contributed by atoms with E-state index in [1.165, 1.54) is 0 Å². The highest BCUT2D eigenvalue weighted by molar-refractivity contribution is 5.94.